The summed E-state index contributed by atoms with van der Waals surface area (Å²) in [4.78, 5) is 20.0. The van der Waals surface area contributed by atoms with Gasteiger partial charge in [-0.1, -0.05) is 26.8 Å². The number of nitrogens with one attached hydrogen (secondary N) is 2. The first-order chi connectivity index (χ1) is 9.10. The molecular formula is C14H19N3OS. The quantitative estimate of drug-likeness (QED) is 0.882. The SMILES string of the molecule is CCc1nc(NC(c2cccs2)C(C)C)cc(=O)[nH]1. The fourth-order valence-electron chi connectivity index (χ4n) is 1.94. The van der Waals surface area contributed by atoms with Crippen molar-refractivity contribution in [3.63, 3.8) is 0 Å². The largest absolute Gasteiger partial charge is 0.362 e. The fraction of sp³-hybridized carbons (Fsp3) is 0.429. The molecule has 0 amide bonds. The predicted molar refractivity (Wildman–Crippen MR) is 79.8 cm³/mol. The average Bonchev–Trinajstić information content (AvgIpc) is 2.88. The number of hydrogen-bond donors (Lipinski definition) is 2. The van der Waals surface area contributed by atoms with Crippen LogP contribution in [0.1, 0.15) is 37.5 Å². The van der Waals surface area contributed by atoms with Crippen molar-refractivity contribution in [3.05, 3.63) is 44.6 Å². The minimum atomic E-state index is -0.108. The maximum Gasteiger partial charge on any atom is 0.252 e. The average molecular weight is 277 g/mol. The molecule has 4 nitrogen and oxygen atoms in total. The number of aromatic amines is 1. The van der Waals surface area contributed by atoms with Gasteiger partial charge in [-0.05, 0) is 17.4 Å². The van der Waals surface area contributed by atoms with Crippen LogP contribution in [-0.2, 0) is 6.42 Å². The molecule has 0 aliphatic rings. The third kappa shape index (κ3) is 3.44. The minimum Gasteiger partial charge on any atom is -0.362 e. The van der Waals surface area contributed by atoms with E-state index in [-0.39, 0.29) is 11.6 Å². The van der Waals surface area contributed by atoms with Gasteiger partial charge in [-0.3, -0.25) is 4.79 Å². The Kier molecular flexibility index (Phi) is 4.37. The van der Waals surface area contributed by atoms with Crippen LogP contribution in [0, 0.1) is 5.92 Å². The Morgan fingerprint density at radius 2 is 2.26 bits per heavy atom. The summed E-state index contributed by atoms with van der Waals surface area (Å²) < 4.78 is 0. The van der Waals surface area contributed by atoms with Gasteiger partial charge in [0.25, 0.3) is 5.56 Å². The summed E-state index contributed by atoms with van der Waals surface area (Å²) in [5.41, 5.74) is -0.108. The number of aromatic nitrogens is 2. The molecule has 2 aromatic rings. The molecule has 0 fully saturated rings. The molecule has 5 heteroatoms. The van der Waals surface area contributed by atoms with Crippen LogP contribution in [0.15, 0.2) is 28.4 Å². The molecule has 1 unspecified atom stereocenters. The molecule has 2 N–H and O–H groups in total. The smallest absolute Gasteiger partial charge is 0.252 e. The summed E-state index contributed by atoms with van der Waals surface area (Å²) in [6, 6.07) is 5.84. The molecule has 0 saturated heterocycles. The Hall–Kier alpha value is -1.62. The molecule has 2 rings (SSSR count). The van der Waals surface area contributed by atoms with Crippen molar-refractivity contribution in [2.24, 2.45) is 5.92 Å². The lowest BCUT2D eigenvalue weighted by molar-refractivity contribution is 0.551. The van der Waals surface area contributed by atoms with E-state index in [0.717, 1.165) is 6.42 Å². The van der Waals surface area contributed by atoms with Gasteiger partial charge in [-0.15, -0.1) is 11.3 Å². The maximum atomic E-state index is 11.6. The van der Waals surface area contributed by atoms with Crippen LogP contribution in [0.25, 0.3) is 0 Å². The van der Waals surface area contributed by atoms with Crippen molar-refractivity contribution in [2.75, 3.05) is 5.32 Å². The summed E-state index contributed by atoms with van der Waals surface area (Å²) in [5, 5.41) is 5.44. The van der Waals surface area contributed by atoms with E-state index in [1.54, 1.807) is 11.3 Å². The third-order valence-corrected chi connectivity index (χ3v) is 3.90. The van der Waals surface area contributed by atoms with E-state index in [2.05, 4.69) is 40.6 Å². The molecule has 0 saturated carbocycles. The molecule has 0 spiro atoms. The number of aryl methyl sites for hydroxylation is 1. The van der Waals surface area contributed by atoms with Gasteiger partial charge < -0.3 is 10.3 Å². The van der Waals surface area contributed by atoms with Crippen molar-refractivity contribution in [2.45, 2.75) is 33.2 Å². The van der Waals surface area contributed by atoms with Crippen molar-refractivity contribution < 1.29 is 0 Å². The van der Waals surface area contributed by atoms with Gasteiger partial charge in [0.2, 0.25) is 0 Å². The monoisotopic (exact) mass is 277 g/mol. The zero-order valence-corrected chi connectivity index (χ0v) is 12.3. The van der Waals surface area contributed by atoms with Gasteiger partial charge in [0, 0.05) is 17.4 Å². The Bertz CT molecular complexity index is 575. The van der Waals surface area contributed by atoms with Crippen molar-refractivity contribution in [1.82, 2.24) is 9.97 Å². The fourth-order valence-corrected chi connectivity index (χ4v) is 2.89. The van der Waals surface area contributed by atoms with Crippen molar-refractivity contribution in [1.29, 1.82) is 0 Å². The Labute approximate surface area is 116 Å². The summed E-state index contributed by atoms with van der Waals surface area (Å²) >= 11 is 1.72. The molecule has 0 bridgehead atoms. The maximum absolute atomic E-state index is 11.6. The Morgan fingerprint density at radius 1 is 1.47 bits per heavy atom. The highest BCUT2D eigenvalue weighted by Crippen LogP contribution is 2.28. The van der Waals surface area contributed by atoms with Gasteiger partial charge in [0.1, 0.15) is 11.6 Å². The normalized spacial score (nSPS) is 12.6. The zero-order chi connectivity index (χ0) is 13.8. The minimum absolute atomic E-state index is 0.108. The molecular weight excluding hydrogens is 258 g/mol. The lowest BCUT2D eigenvalue weighted by atomic mass is 10.0. The highest BCUT2D eigenvalue weighted by molar-refractivity contribution is 7.10. The summed E-state index contributed by atoms with van der Waals surface area (Å²) in [6.07, 6.45) is 0.718. The lowest BCUT2D eigenvalue weighted by Gasteiger charge is -2.21. The number of anilines is 1. The van der Waals surface area contributed by atoms with Gasteiger partial charge in [0.05, 0.1) is 6.04 Å². The first-order valence-corrected chi connectivity index (χ1v) is 7.38. The number of rotatable bonds is 5. The molecule has 102 valence electrons. The van der Waals surface area contributed by atoms with E-state index in [1.807, 2.05) is 13.0 Å². The highest BCUT2D eigenvalue weighted by atomic mass is 32.1. The number of thiophene rings is 1. The van der Waals surface area contributed by atoms with Gasteiger partial charge in [-0.25, -0.2) is 4.98 Å². The molecule has 0 radical (unpaired) electrons. The van der Waals surface area contributed by atoms with Gasteiger partial charge in [0.15, 0.2) is 0 Å². The predicted octanol–water partition coefficient (Wildman–Crippen LogP) is 3.20. The van der Waals surface area contributed by atoms with Crippen molar-refractivity contribution in [3.8, 4) is 0 Å². The van der Waals surface area contributed by atoms with Crippen LogP contribution in [-0.4, -0.2) is 9.97 Å². The van der Waals surface area contributed by atoms with Crippen LogP contribution >= 0.6 is 11.3 Å². The van der Waals surface area contributed by atoms with E-state index < -0.39 is 0 Å². The molecule has 19 heavy (non-hydrogen) atoms. The van der Waals surface area contributed by atoms with E-state index in [4.69, 9.17) is 0 Å². The summed E-state index contributed by atoms with van der Waals surface area (Å²) in [7, 11) is 0. The second-order valence-electron chi connectivity index (χ2n) is 4.81. The molecule has 2 heterocycles. The summed E-state index contributed by atoms with van der Waals surface area (Å²) in [6.45, 7) is 6.29. The van der Waals surface area contributed by atoms with E-state index >= 15 is 0 Å². The lowest BCUT2D eigenvalue weighted by Crippen LogP contribution is -2.19. The van der Waals surface area contributed by atoms with E-state index in [0.29, 0.717) is 17.6 Å². The molecule has 2 aromatic heterocycles. The van der Waals surface area contributed by atoms with Crippen LogP contribution < -0.4 is 10.9 Å². The van der Waals surface area contributed by atoms with Crippen LogP contribution in [0.2, 0.25) is 0 Å². The highest BCUT2D eigenvalue weighted by Gasteiger charge is 2.17. The molecule has 1 atom stereocenters. The first kappa shape index (κ1) is 13.8. The Balaban J connectivity index is 2.27. The second-order valence-corrected chi connectivity index (χ2v) is 5.79. The zero-order valence-electron chi connectivity index (χ0n) is 11.4. The van der Waals surface area contributed by atoms with Crippen LogP contribution in [0.3, 0.4) is 0 Å². The van der Waals surface area contributed by atoms with Gasteiger partial charge in [-0.2, -0.15) is 0 Å². The number of hydrogen-bond acceptors (Lipinski definition) is 4. The second kappa shape index (κ2) is 6.02. The Morgan fingerprint density at radius 3 is 2.84 bits per heavy atom. The van der Waals surface area contributed by atoms with E-state index in [9.17, 15) is 4.79 Å². The topological polar surface area (TPSA) is 57.8 Å². The van der Waals surface area contributed by atoms with Crippen molar-refractivity contribution >= 4 is 17.2 Å². The van der Waals surface area contributed by atoms with E-state index in [1.165, 1.54) is 10.9 Å². The summed E-state index contributed by atoms with van der Waals surface area (Å²) in [5.74, 6) is 1.78. The number of H-pyrrole nitrogens is 1. The standard InChI is InChI=1S/C14H19N3OS/c1-4-11-15-12(8-13(18)16-11)17-14(9(2)3)10-6-5-7-19-10/h5-9,14H,4H2,1-3H3,(H2,15,16,17,18). The number of nitrogens with zero attached hydrogens (tertiary/aromatic N) is 1. The molecule has 0 aromatic carbocycles. The third-order valence-electron chi connectivity index (χ3n) is 2.95. The van der Waals surface area contributed by atoms with Gasteiger partial charge >= 0.3 is 0 Å². The molecule has 0 aliphatic heterocycles. The van der Waals surface area contributed by atoms with Crippen LogP contribution in [0.5, 0.6) is 0 Å². The van der Waals surface area contributed by atoms with Crippen LogP contribution in [0.4, 0.5) is 5.82 Å². The molecule has 0 aliphatic carbocycles. The first-order valence-electron chi connectivity index (χ1n) is 6.50.